The Morgan fingerprint density at radius 2 is 2.00 bits per heavy atom. The number of unbranched alkanes of at least 4 members (excludes halogenated alkanes) is 3. The van der Waals surface area contributed by atoms with Crippen LogP contribution in [0.5, 0.6) is 5.75 Å². The molecule has 0 atom stereocenters. The number of nitro benzene ring substituents is 1. The molecule has 0 bridgehead atoms. The van der Waals surface area contributed by atoms with E-state index in [9.17, 15) is 14.9 Å². The largest absolute Gasteiger partial charge is 0.490 e. The molecule has 1 amide bonds. The molecule has 8 heteroatoms. The van der Waals surface area contributed by atoms with E-state index in [1.807, 2.05) is 4.90 Å². The van der Waals surface area contributed by atoms with Gasteiger partial charge in [0.25, 0.3) is 5.91 Å². The van der Waals surface area contributed by atoms with Gasteiger partial charge in [-0.05, 0) is 18.6 Å². The maximum Gasteiger partial charge on any atom is 0.311 e. The molecule has 0 aromatic heterocycles. The number of carbonyl (C=O) groups excluding carboxylic acids is 1. The molecule has 1 aliphatic rings. The average Bonchev–Trinajstić information content (AvgIpc) is 2.73. The van der Waals surface area contributed by atoms with E-state index in [1.165, 1.54) is 19.2 Å². The third kappa shape index (κ3) is 6.45. The van der Waals surface area contributed by atoms with Crippen molar-refractivity contribution >= 4 is 11.6 Å². The van der Waals surface area contributed by atoms with E-state index in [4.69, 9.17) is 9.47 Å². The molecule has 1 aromatic rings. The molecular weight excluding hydrogens is 362 g/mol. The van der Waals surface area contributed by atoms with Crippen LogP contribution in [0.25, 0.3) is 0 Å². The van der Waals surface area contributed by atoms with E-state index in [1.54, 1.807) is 6.07 Å². The van der Waals surface area contributed by atoms with Crippen LogP contribution in [-0.2, 0) is 4.74 Å². The van der Waals surface area contributed by atoms with E-state index in [0.29, 0.717) is 18.7 Å². The van der Waals surface area contributed by atoms with Gasteiger partial charge in [0.1, 0.15) is 0 Å². The fraction of sp³-hybridized carbons (Fsp3) is 0.650. The molecule has 0 N–H and O–H groups in total. The van der Waals surface area contributed by atoms with Gasteiger partial charge in [0.05, 0.1) is 25.2 Å². The zero-order chi connectivity index (χ0) is 20.4. The van der Waals surface area contributed by atoms with Crippen molar-refractivity contribution in [1.82, 2.24) is 9.80 Å². The first-order valence-corrected chi connectivity index (χ1v) is 9.98. The molecule has 1 aromatic carbocycles. The zero-order valence-corrected chi connectivity index (χ0v) is 16.9. The van der Waals surface area contributed by atoms with Crippen molar-refractivity contribution in [1.29, 1.82) is 0 Å². The number of morpholine rings is 1. The Hall–Kier alpha value is -2.19. The van der Waals surface area contributed by atoms with Gasteiger partial charge in [-0.1, -0.05) is 26.2 Å². The molecule has 0 saturated carbocycles. The summed E-state index contributed by atoms with van der Waals surface area (Å²) in [6.07, 6.45) is 4.27. The summed E-state index contributed by atoms with van der Waals surface area (Å²) in [5.74, 6) is -0.0140. The number of rotatable bonds is 11. The molecule has 28 heavy (non-hydrogen) atoms. The number of carbonyl (C=O) groups is 1. The third-order valence-electron chi connectivity index (χ3n) is 4.98. The van der Waals surface area contributed by atoms with E-state index in [-0.39, 0.29) is 17.3 Å². The lowest BCUT2D eigenvalue weighted by atomic mass is 10.1. The molecule has 0 aliphatic carbocycles. The van der Waals surface area contributed by atoms with Gasteiger partial charge in [0, 0.05) is 44.4 Å². The SMILES string of the molecule is CCCCCCN(CCN1CCOCC1)C(=O)c1ccc(OC)c([N+](=O)[O-])c1. The molecule has 8 nitrogen and oxygen atoms in total. The highest BCUT2D eigenvalue weighted by molar-refractivity contribution is 5.95. The van der Waals surface area contributed by atoms with Crippen LogP contribution in [0.4, 0.5) is 5.69 Å². The van der Waals surface area contributed by atoms with Crippen molar-refractivity contribution in [2.24, 2.45) is 0 Å². The molecule has 156 valence electrons. The number of hydrogen-bond donors (Lipinski definition) is 0. The molecular formula is C20H31N3O5. The number of amides is 1. The minimum absolute atomic E-state index is 0.157. The summed E-state index contributed by atoms with van der Waals surface area (Å²) in [5.41, 5.74) is 0.137. The third-order valence-corrected chi connectivity index (χ3v) is 4.98. The Morgan fingerprint density at radius 3 is 2.64 bits per heavy atom. The maximum atomic E-state index is 13.1. The predicted molar refractivity (Wildman–Crippen MR) is 107 cm³/mol. The first kappa shape index (κ1) is 22.1. The van der Waals surface area contributed by atoms with Crippen molar-refractivity contribution in [2.45, 2.75) is 32.6 Å². The van der Waals surface area contributed by atoms with Gasteiger partial charge in [-0.3, -0.25) is 19.8 Å². The standard InChI is InChI=1S/C20H31N3O5/c1-3-4-5-6-9-22(11-10-21-12-14-28-15-13-21)20(24)17-7-8-19(27-2)18(16-17)23(25)26/h7-8,16H,3-6,9-15H2,1-2H3. The molecule has 0 radical (unpaired) electrons. The maximum absolute atomic E-state index is 13.1. The lowest BCUT2D eigenvalue weighted by Gasteiger charge is -2.30. The first-order chi connectivity index (χ1) is 13.6. The molecule has 1 fully saturated rings. The summed E-state index contributed by atoms with van der Waals surface area (Å²) >= 11 is 0. The van der Waals surface area contributed by atoms with Crippen LogP contribution in [0.2, 0.25) is 0 Å². The van der Waals surface area contributed by atoms with Crippen molar-refractivity contribution in [3.63, 3.8) is 0 Å². The number of methoxy groups -OCH3 is 1. The Labute approximate surface area is 166 Å². The number of benzene rings is 1. The second kappa shape index (κ2) is 11.6. The van der Waals surface area contributed by atoms with E-state index in [2.05, 4.69) is 11.8 Å². The summed E-state index contributed by atoms with van der Waals surface area (Å²) < 4.78 is 10.4. The number of hydrogen-bond acceptors (Lipinski definition) is 6. The lowest BCUT2D eigenvalue weighted by molar-refractivity contribution is -0.385. The minimum atomic E-state index is -0.519. The predicted octanol–water partition coefficient (Wildman–Crippen LogP) is 2.96. The molecule has 0 spiro atoms. The van der Waals surface area contributed by atoms with Crippen LogP contribution >= 0.6 is 0 Å². The quantitative estimate of drug-likeness (QED) is 0.326. The topological polar surface area (TPSA) is 85.2 Å². The Bertz CT molecular complexity index is 647. The van der Waals surface area contributed by atoms with Gasteiger partial charge in [0.2, 0.25) is 0 Å². The average molecular weight is 393 g/mol. The van der Waals surface area contributed by atoms with Gasteiger partial charge in [-0.2, -0.15) is 0 Å². The first-order valence-electron chi connectivity index (χ1n) is 9.98. The van der Waals surface area contributed by atoms with Crippen LogP contribution in [0.3, 0.4) is 0 Å². The zero-order valence-electron chi connectivity index (χ0n) is 16.9. The van der Waals surface area contributed by atoms with Gasteiger partial charge < -0.3 is 14.4 Å². The molecule has 1 aliphatic heterocycles. The second-order valence-corrected chi connectivity index (χ2v) is 6.95. The van der Waals surface area contributed by atoms with Gasteiger partial charge in [-0.25, -0.2) is 0 Å². The van der Waals surface area contributed by atoms with Crippen molar-refractivity contribution in [3.05, 3.63) is 33.9 Å². The normalized spacial score (nSPS) is 14.6. The summed E-state index contributed by atoms with van der Waals surface area (Å²) in [5, 5.41) is 11.3. The van der Waals surface area contributed by atoms with Crippen molar-refractivity contribution in [3.8, 4) is 5.75 Å². The van der Waals surface area contributed by atoms with Crippen LogP contribution in [0, 0.1) is 10.1 Å². The summed E-state index contributed by atoms with van der Waals surface area (Å²) in [4.78, 5) is 27.9. The van der Waals surface area contributed by atoms with Crippen LogP contribution in [-0.4, -0.2) is 73.7 Å². The Kier molecular flexibility index (Phi) is 9.16. The number of nitrogens with zero attached hydrogens (tertiary/aromatic N) is 3. The van der Waals surface area contributed by atoms with Crippen LogP contribution in [0.15, 0.2) is 18.2 Å². The highest BCUT2D eigenvalue weighted by Crippen LogP contribution is 2.28. The fourth-order valence-electron chi connectivity index (χ4n) is 3.28. The second-order valence-electron chi connectivity index (χ2n) is 6.95. The van der Waals surface area contributed by atoms with E-state index >= 15 is 0 Å². The van der Waals surface area contributed by atoms with Crippen molar-refractivity contribution < 1.29 is 19.2 Å². The van der Waals surface area contributed by atoms with E-state index in [0.717, 1.165) is 58.5 Å². The minimum Gasteiger partial charge on any atom is -0.490 e. The summed E-state index contributed by atoms with van der Waals surface area (Å²) in [6.45, 7) is 7.36. The lowest BCUT2D eigenvalue weighted by Crippen LogP contribution is -2.43. The molecule has 2 rings (SSSR count). The molecule has 0 unspecified atom stereocenters. The Morgan fingerprint density at radius 1 is 1.25 bits per heavy atom. The van der Waals surface area contributed by atoms with Crippen molar-refractivity contribution in [2.75, 3.05) is 53.0 Å². The fourth-order valence-corrected chi connectivity index (χ4v) is 3.28. The molecule has 1 saturated heterocycles. The summed E-state index contributed by atoms with van der Waals surface area (Å²) in [7, 11) is 1.38. The summed E-state index contributed by atoms with van der Waals surface area (Å²) in [6, 6.07) is 4.40. The van der Waals surface area contributed by atoms with Crippen LogP contribution in [0.1, 0.15) is 43.0 Å². The number of ether oxygens (including phenoxy) is 2. The van der Waals surface area contributed by atoms with E-state index < -0.39 is 4.92 Å². The monoisotopic (exact) mass is 393 g/mol. The highest BCUT2D eigenvalue weighted by atomic mass is 16.6. The van der Waals surface area contributed by atoms with Gasteiger partial charge >= 0.3 is 5.69 Å². The highest BCUT2D eigenvalue weighted by Gasteiger charge is 2.22. The smallest absolute Gasteiger partial charge is 0.311 e. The van der Waals surface area contributed by atoms with Crippen LogP contribution < -0.4 is 4.74 Å². The number of nitro groups is 1. The molecule has 1 heterocycles. The Balaban J connectivity index is 2.09. The van der Waals surface area contributed by atoms with Gasteiger partial charge in [-0.15, -0.1) is 0 Å². The van der Waals surface area contributed by atoms with Gasteiger partial charge in [0.15, 0.2) is 5.75 Å².